The zero-order valence-corrected chi connectivity index (χ0v) is 13.0. The molecule has 0 saturated heterocycles. The van der Waals surface area contributed by atoms with Crippen LogP contribution < -0.4 is 0 Å². The van der Waals surface area contributed by atoms with Crippen molar-refractivity contribution in [3.05, 3.63) is 20.3 Å². The highest BCUT2D eigenvalue weighted by atomic mass is 35.5. The molecule has 1 amide bonds. The minimum absolute atomic E-state index is 0.0283. The van der Waals surface area contributed by atoms with Crippen LogP contribution in [-0.2, 0) is 0 Å². The molecular formula is C12H14Cl3NOS. The van der Waals surface area contributed by atoms with Crippen molar-refractivity contribution in [2.75, 3.05) is 7.05 Å². The van der Waals surface area contributed by atoms with Crippen molar-refractivity contribution >= 4 is 52.0 Å². The lowest BCUT2D eigenvalue weighted by Crippen LogP contribution is -2.44. The highest BCUT2D eigenvalue weighted by Gasteiger charge is 2.31. The van der Waals surface area contributed by atoms with E-state index in [1.807, 2.05) is 0 Å². The van der Waals surface area contributed by atoms with Crippen molar-refractivity contribution in [3.8, 4) is 0 Å². The minimum Gasteiger partial charge on any atom is -0.337 e. The van der Waals surface area contributed by atoms with Gasteiger partial charge in [0.15, 0.2) is 0 Å². The van der Waals surface area contributed by atoms with Gasteiger partial charge in [-0.15, -0.1) is 22.9 Å². The summed E-state index contributed by atoms with van der Waals surface area (Å²) in [6, 6.07) is 1.71. The number of nitrogens with zero attached hydrogens (tertiary/aromatic N) is 1. The van der Waals surface area contributed by atoms with E-state index in [0.29, 0.717) is 14.2 Å². The summed E-state index contributed by atoms with van der Waals surface area (Å²) in [7, 11) is 1.79. The Morgan fingerprint density at radius 3 is 2.61 bits per heavy atom. The van der Waals surface area contributed by atoms with Crippen LogP contribution in [0.15, 0.2) is 6.07 Å². The molecule has 1 aliphatic rings. The smallest absolute Gasteiger partial charge is 0.256 e. The SMILES string of the molecule is CN(C(=O)c1cc(Cl)sc1Cl)C1CCCCC1Cl. The van der Waals surface area contributed by atoms with Gasteiger partial charge in [-0.1, -0.05) is 36.0 Å². The average molecular weight is 327 g/mol. The van der Waals surface area contributed by atoms with E-state index in [2.05, 4.69) is 0 Å². The Balaban J connectivity index is 2.15. The van der Waals surface area contributed by atoms with E-state index in [-0.39, 0.29) is 17.3 Å². The Morgan fingerprint density at radius 1 is 1.39 bits per heavy atom. The van der Waals surface area contributed by atoms with Crippen LogP contribution in [0.2, 0.25) is 8.67 Å². The van der Waals surface area contributed by atoms with Crippen LogP contribution in [0.25, 0.3) is 0 Å². The predicted octanol–water partition coefficient (Wildman–Crippen LogP) is 4.68. The van der Waals surface area contributed by atoms with Crippen molar-refractivity contribution in [2.45, 2.75) is 37.1 Å². The number of carbonyl (C=O) groups is 1. The van der Waals surface area contributed by atoms with Crippen molar-refractivity contribution in [1.82, 2.24) is 4.90 Å². The van der Waals surface area contributed by atoms with Gasteiger partial charge in [-0.05, 0) is 18.9 Å². The summed E-state index contributed by atoms with van der Waals surface area (Å²) in [5, 5.41) is 0.0283. The van der Waals surface area contributed by atoms with Crippen LogP contribution >= 0.6 is 46.1 Å². The number of carbonyl (C=O) groups excluding carboxylic acids is 1. The first-order chi connectivity index (χ1) is 8.50. The number of halogens is 3. The lowest BCUT2D eigenvalue weighted by molar-refractivity contribution is 0.0701. The van der Waals surface area contributed by atoms with Gasteiger partial charge in [0, 0.05) is 13.1 Å². The third-order valence-corrected chi connectivity index (χ3v) is 5.35. The number of hydrogen-bond donors (Lipinski definition) is 0. The summed E-state index contributed by atoms with van der Waals surface area (Å²) in [5.41, 5.74) is 0.476. The van der Waals surface area contributed by atoms with E-state index in [1.54, 1.807) is 18.0 Å². The molecule has 0 aliphatic heterocycles. The van der Waals surface area contributed by atoms with E-state index in [4.69, 9.17) is 34.8 Å². The molecule has 0 bridgehead atoms. The van der Waals surface area contributed by atoms with Crippen LogP contribution in [0, 0.1) is 0 Å². The molecule has 2 atom stereocenters. The van der Waals surface area contributed by atoms with Crippen molar-refractivity contribution in [1.29, 1.82) is 0 Å². The van der Waals surface area contributed by atoms with E-state index in [1.165, 1.54) is 11.3 Å². The fraction of sp³-hybridized carbons (Fsp3) is 0.583. The number of alkyl halides is 1. The fourth-order valence-corrected chi connectivity index (χ4v) is 4.23. The average Bonchev–Trinajstić information content (AvgIpc) is 2.67. The second-order valence-electron chi connectivity index (χ2n) is 4.52. The molecule has 2 rings (SSSR count). The first-order valence-electron chi connectivity index (χ1n) is 5.86. The highest BCUT2D eigenvalue weighted by Crippen LogP contribution is 2.33. The molecule has 1 aromatic heterocycles. The molecular weight excluding hydrogens is 313 g/mol. The normalized spacial score (nSPS) is 24.0. The number of rotatable bonds is 2. The molecule has 1 fully saturated rings. The summed E-state index contributed by atoms with van der Waals surface area (Å²) in [4.78, 5) is 14.1. The van der Waals surface area contributed by atoms with Gasteiger partial charge in [-0.3, -0.25) is 4.79 Å². The Morgan fingerprint density at radius 2 is 2.06 bits per heavy atom. The van der Waals surface area contributed by atoms with Gasteiger partial charge in [0.1, 0.15) is 4.34 Å². The zero-order chi connectivity index (χ0) is 13.3. The summed E-state index contributed by atoms with van der Waals surface area (Å²) >= 11 is 19.4. The fourth-order valence-electron chi connectivity index (χ4n) is 2.33. The third kappa shape index (κ3) is 2.96. The maximum absolute atomic E-state index is 12.4. The van der Waals surface area contributed by atoms with Crippen LogP contribution in [-0.4, -0.2) is 29.3 Å². The molecule has 1 saturated carbocycles. The van der Waals surface area contributed by atoms with E-state index >= 15 is 0 Å². The van der Waals surface area contributed by atoms with Gasteiger partial charge in [-0.2, -0.15) is 0 Å². The summed E-state index contributed by atoms with van der Waals surface area (Å²) in [6.45, 7) is 0. The van der Waals surface area contributed by atoms with E-state index in [0.717, 1.165) is 25.7 Å². The van der Waals surface area contributed by atoms with Gasteiger partial charge < -0.3 is 4.90 Å². The maximum Gasteiger partial charge on any atom is 0.256 e. The molecule has 0 aromatic carbocycles. The summed E-state index contributed by atoms with van der Waals surface area (Å²) in [6.07, 6.45) is 4.16. The molecule has 2 unspecified atom stereocenters. The van der Waals surface area contributed by atoms with Crippen molar-refractivity contribution < 1.29 is 4.79 Å². The molecule has 1 heterocycles. The first kappa shape index (κ1) is 14.4. The topological polar surface area (TPSA) is 20.3 Å². The molecule has 6 heteroatoms. The van der Waals surface area contributed by atoms with Crippen LogP contribution in [0.4, 0.5) is 0 Å². The monoisotopic (exact) mass is 325 g/mol. The molecule has 0 spiro atoms. The number of thiophene rings is 1. The van der Waals surface area contributed by atoms with E-state index in [9.17, 15) is 4.79 Å². The van der Waals surface area contributed by atoms with E-state index < -0.39 is 0 Å². The standard InChI is InChI=1S/C12H14Cl3NOS/c1-16(9-5-3-2-4-8(9)13)12(17)7-6-10(14)18-11(7)15/h6,8-9H,2-5H2,1H3. The lowest BCUT2D eigenvalue weighted by atomic mass is 9.93. The maximum atomic E-state index is 12.4. The lowest BCUT2D eigenvalue weighted by Gasteiger charge is -2.34. The summed E-state index contributed by atoms with van der Waals surface area (Å²) < 4.78 is 0.974. The van der Waals surface area contributed by atoms with Gasteiger partial charge in [0.05, 0.1) is 15.3 Å². The number of amides is 1. The van der Waals surface area contributed by atoms with Crippen molar-refractivity contribution in [2.24, 2.45) is 0 Å². The van der Waals surface area contributed by atoms with Crippen LogP contribution in [0.3, 0.4) is 0 Å². The second kappa shape index (κ2) is 6.00. The Kier molecular flexibility index (Phi) is 4.81. The largest absolute Gasteiger partial charge is 0.337 e. The van der Waals surface area contributed by atoms with Gasteiger partial charge in [-0.25, -0.2) is 0 Å². The Bertz CT molecular complexity index is 449. The van der Waals surface area contributed by atoms with Gasteiger partial charge in [0.2, 0.25) is 0 Å². The molecule has 1 aromatic rings. The molecule has 0 N–H and O–H groups in total. The molecule has 2 nitrogen and oxygen atoms in total. The summed E-state index contributed by atoms with van der Waals surface area (Å²) in [5.74, 6) is -0.0966. The molecule has 1 aliphatic carbocycles. The quantitative estimate of drug-likeness (QED) is 0.723. The van der Waals surface area contributed by atoms with Gasteiger partial charge in [0.25, 0.3) is 5.91 Å². The number of hydrogen-bond acceptors (Lipinski definition) is 2. The minimum atomic E-state index is -0.0966. The predicted molar refractivity (Wildman–Crippen MR) is 78.3 cm³/mol. The molecule has 100 valence electrons. The first-order valence-corrected chi connectivity index (χ1v) is 7.87. The highest BCUT2D eigenvalue weighted by molar-refractivity contribution is 7.20. The van der Waals surface area contributed by atoms with Crippen LogP contribution in [0.5, 0.6) is 0 Å². The van der Waals surface area contributed by atoms with Gasteiger partial charge >= 0.3 is 0 Å². The second-order valence-corrected chi connectivity index (χ2v) is 7.37. The molecule has 18 heavy (non-hydrogen) atoms. The third-order valence-electron chi connectivity index (χ3n) is 3.35. The molecule has 0 radical (unpaired) electrons. The van der Waals surface area contributed by atoms with Crippen LogP contribution in [0.1, 0.15) is 36.0 Å². The Hall–Kier alpha value is 0.0400. The zero-order valence-electron chi connectivity index (χ0n) is 9.96. The van der Waals surface area contributed by atoms with Crippen molar-refractivity contribution in [3.63, 3.8) is 0 Å². The Labute approximate surface area is 126 Å².